The molecule has 2 N–H and O–H groups in total. The van der Waals surface area contributed by atoms with Crippen molar-refractivity contribution in [1.29, 1.82) is 0 Å². The molecule has 5 atom stereocenters. The van der Waals surface area contributed by atoms with Crippen molar-refractivity contribution in [2.45, 2.75) is 57.2 Å². The molecule has 38 heavy (non-hydrogen) atoms. The fraction of sp³-hybridized carbons (Fsp3) is 0.500. The highest BCUT2D eigenvalue weighted by Crippen LogP contribution is 2.47. The number of benzene rings is 2. The smallest absolute Gasteiger partial charge is 0.251 e. The first-order chi connectivity index (χ1) is 18.5. The number of methoxy groups -OCH3 is 1. The lowest BCUT2D eigenvalue weighted by Crippen LogP contribution is -2.50. The third-order valence-electron chi connectivity index (χ3n) is 8.98. The molecular formula is C30H37N5O3. The average Bonchev–Trinajstić information content (AvgIpc) is 3.50. The Morgan fingerprint density at radius 2 is 1.95 bits per heavy atom. The van der Waals surface area contributed by atoms with Gasteiger partial charge in [-0.25, -0.2) is 4.98 Å². The summed E-state index contributed by atoms with van der Waals surface area (Å²) in [6.45, 7) is 3.30. The molecular weight excluding hydrogens is 478 g/mol. The van der Waals surface area contributed by atoms with Gasteiger partial charge in [0.15, 0.2) is 0 Å². The van der Waals surface area contributed by atoms with Crippen LogP contribution in [0.5, 0.6) is 0 Å². The van der Waals surface area contributed by atoms with Crippen LogP contribution in [0, 0.1) is 18.8 Å². The van der Waals surface area contributed by atoms with E-state index in [4.69, 9.17) is 4.74 Å². The molecule has 0 radical (unpaired) electrons. The fourth-order valence-electron chi connectivity index (χ4n) is 6.95. The minimum absolute atomic E-state index is 0.0354. The predicted molar refractivity (Wildman–Crippen MR) is 147 cm³/mol. The van der Waals surface area contributed by atoms with Crippen molar-refractivity contribution >= 4 is 28.5 Å². The Hall–Kier alpha value is -3.39. The van der Waals surface area contributed by atoms with Crippen LogP contribution in [0.4, 0.5) is 5.69 Å². The first kappa shape index (κ1) is 24.9. The molecule has 6 rings (SSSR count). The number of fused-ring (bicyclic) bond motifs is 4. The highest BCUT2D eigenvalue weighted by Gasteiger charge is 2.48. The van der Waals surface area contributed by atoms with E-state index in [1.54, 1.807) is 7.11 Å². The van der Waals surface area contributed by atoms with Crippen molar-refractivity contribution in [3.05, 3.63) is 59.4 Å². The molecule has 3 aliphatic rings. The first-order valence-corrected chi connectivity index (χ1v) is 13.8. The highest BCUT2D eigenvalue weighted by molar-refractivity contribution is 5.98. The molecule has 3 aromatic rings. The number of anilines is 1. The second kappa shape index (κ2) is 10.1. The molecule has 200 valence electrons. The number of nitrogens with zero attached hydrogens (tertiary/aromatic N) is 3. The van der Waals surface area contributed by atoms with Crippen molar-refractivity contribution in [3.8, 4) is 0 Å². The quantitative estimate of drug-likeness (QED) is 0.532. The van der Waals surface area contributed by atoms with Crippen molar-refractivity contribution in [2.75, 3.05) is 25.6 Å². The lowest BCUT2D eigenvalue weighted by atomic mass is 9.81. The summed E-state index contributed by atoms with van der Waals surface area (Å²) >= 11 is 0. The molecule has 2 aliphatic heterocycles. The Labute approximate surface area is 223 Å². The third-order valence-corrected chi connectivity index (χ3v) is 8.98. The maximum absolute atomic E-state index is 14.2. The summed E-state index contributed by atoms with van der Waals surface area (Å²) in [5, 5.41) is 6.90. The largest absolute Gasteiger partial charge is 0.383 e. The number of aryl methyl sites for hydroxylation is 2. The van der Waals surface area contributed by atoms with Crippen LogP contribution in [0.25, 0.3) is 11.0 Å². The Morgan fingerprint density at radius 3 is 2.79 bits per heavy atom. The van der Waals surface area contributed by atoms with Crippen LogP contribution >= 0.6 is 0 Å². The molecule has 0 bridgehead atoms. The average molecular weight is 516 g/mol. The van der Waals surface area contributed by atoms with Gasteiger partial charge in [-0.3, -0.25) is 9.59 Å². The molecule has 3 heterocycles. The van der Waals surface area contributed by atoms with E-state index >= 15 is 0 Å². The summed E-state index contributed by atoms with van der Waals surface area (Å²) in [4.78, 5) is 34.2. The monoisotopic (exact) mass is 515 g/mol. The number of hydrogen-bond donors (Lipinski definition) is 2. The second-order valence-electron chi connectivity index (χ2n) is 11.1. The van der Waals surface area contributed by atoms with Crippen LogP contribution in [-0.4, -0.2) is 58.6 Å². The normalized spacial score (nSPS) is 26.5. The zero-order valence-corrected chi connectivity index (χ0v) is 22.4. The lowest BCUT2D eigenvalue weighted by molar-refractivity contribution is -0.139. The van der Waals surface area contributed by atoms with Gasteiger partial charge in [0.05, 0.1) is 35.6 Å². The van der Waals surface area contributed by atoms with Gasteiger partial charge in [0.1, 0.15) is 5.82 Å². The Balaban J connectivity index is 1.23. The summed E-state index contributed by atoms with van der Waals surface area (Å²) in [6.07, 6.45) is 4.59. The summed E-state index contributed by atoms with van der Waals surface area (Å²) in [7, 11) is 3.71. The van der Waals surface area contributed by atoms with E-state index in [9.17, 15) is 9.59 Å². The Kier molecular flexibility index (Phi) is 6.60. The van der Waals surface area contributed by atoms with Gasteiger partial charge in [0.25, 0.3) is 5.91 Å². The number of imidazole rings is 1. The molecule has 1 saturated heterocycles. The summed E-state index contributed by atoms with van der Waals surface area (Å²) in [5.74, 6) is 1.04. The number of hydrogen-bond acceptors (Lipinski definition) is 5. The molecule has 8 nitrogen and oxygen atoms in total. The van der Waals surface area contributed by atoms with Crippen molar-refractivity contribution in [3.63, 3.8) is 0 Å². The SMILES string of the molecule is COC[C@@H]1Nc2ccccc2[C@H]2[C@H]1CCN2C(=O)[C@H]1CCCC[C@H]1NC(=O)c1ccc2c(c1)nc(C)n2C. The van der Waals surface area contributed by atoms with Gasteiger partial charge in [0.2, 0.25) is 5.91 Å². The topological polar surface area (TPSA) is 88.5 Å². The van der Waals surface area contributed by atoms with E-state index in [-0.39, 0.29) is 35.9 Å². The number of carbonyl (C=O) groups is 2. The maximum atomic E-state index is 14.2. The van der Waals surface area contributed by atoms with Crippen molar-refractivity contribution in [2.24, 2.45) is 18.9 Å². The highest BCUT2D eigenvalue weighted by atomic mass is 16.5. The van der Waals surface area contributed by atoms with Crippen LogP contribution in [0.3, 0.4) is 0 Å². The molecule has 1 aromatic heterocycles. The molecule has 2 amide bonds. The fourth-order valence-corrected chi connectivity index (χ4v) is 6.95. The van der Waals surface area contributed by atoms with Gasteiger partial charge in [-0.05, 0) is 56.0 Å². The van der Waals surface area contributed by atoms with Gasteiger partial charge < -0.3 is 24.8 Å². The Morgan fingerprint density at radius 1 is 1.13 bits per heavy atom. The van der Waals surface area contributed by atoms with E-state index < -0.39 is 0 Å². The molecule has 1 aliphatic carbocycles. The zero-order valence-electron chi connectivity index (χ0n) is 22.4. The van der Waals surface area contributed by atoms with Gasteiger partial charge in [0, 0.05) is 43.9 Å². The minimum atomic E-state index is -0.213. The molecule has 0 spiro atoms. The van der Waals surface area contributed by atoms with Gasteiger partial charge >= 0.3 is 0 Å². The minimum Gasteiger partial charge on any atom is -0.383 e. The summed E-state index contributed by atoms with van der Waals surface area (Å²) < 4.78 is 7.55. The molecule has 1 saturated carbocycles. The number of amides is 2. The van der Waals surface area contributed by atoms with E-state index in [2.05, 4.69) is 38.7 Å². The number of aromatic nitrogens is 2. The predicted octanol–water partition coefficient (Wildman–Crippen LogP) is 4.20. The van der Waals surface area contributed by atoms with Crippen LogP contribution in [0.1, 0.15) is 59.9 Å². The van der Waals surface area contributed by atoms with Crippen LogP contribution in [0.15, 0.2) is 42.5 Å². The number of nitrogens with one attached hydrogen (secondary N) is 2. The zero-order chi connectivity index (χ0) is 26.4. The number of rotatable bonds is 5. The maximum Gasteiger partial charge on any atom is 0.251 e. The van der Waals surface area contributed by atoms with E-state index in [0.29, 0.717) is 18.1 Å². The summed E-state index contributed by atoms with van der Waals surface area (Å²) in [6, 6.07) is 14.0. The van der Waals surface area contributed by atoms with E-state index in [0.717, 1.165) is 61.2 Å². The number of ether oxygens (including phenoxy) is 1. The first-order valence-electron chi connectivity index (χ1n) is 13.8. The van der Waals surface area contributed by atoms with Crippen LogP contribution in [-0.2, 0) is 16.6 Å². The van der Waals surface area contributed by atoms with Gasteiger partial charge in [-0.2, -0.15) is 0 Å². The standard InChI is InChI=1S/C30H37N5O3/c1-18-31-25-16-19(12-13-27(25)34(18)2)29(36)33-24-11-7-5-9-22(24)30(37)35-15-14-21-26(17-38-3)32-23-10-6-4-8-20(23)28(21)35/h4,6,8,10,12-13,16,21-22,24,26,28,32H,5,7,9,11,14-15,17H2,1-3H3,(H,33,36)/t21-,22-,24+,26-,28-/m0/s1. The third kappa shape index (κ3) is 4.25. The van der Waals surface area contributed by atoms with Gasteiger partial charge in [-0.15, -0.1) is 0 Å². The van der Waals surface area contributed by atoms with Gasteiger partial charge in [-0.1, -0.05) is 31.0 Å². The van der Waals surface area contributed by atoms with Crippen molar-refractivity contribution < 1.29 is 14.3 Å². The van der Waals surface area contributed by atoms with Crippen molar-refractivity contribution in [1.82, 2.24) is 19.8 Å². The number of para-hydroxylation sites is 1. The molecule has 2 aromatic carbocycles. The lowest BCUT2D eigenvalue weighted by Gasteiger charge is -2.41. The van der Waals surface area contributed by atoms with E-state index in [1.165, 1.54) is 5.56 Å². The van der Waals surface area contributed by atoms with Crippen LogP contribution in [0.2, 0.25) is 0 Å². The Bertz CT molecular complexity index is 1370. The number of carbonyl (C=O) groups excluding carboxylic acids is 2. The second-order valence-corrected chi connectivity index (χ2v) is 11.1. The number of likely N-dealkylation sites (tertiary alicyclic amines) is 1. The van der Waals surface area contributed by atoms with Crippen LogP contribution < -0.4 is 10.6 Å². The molecule has 8 heteroatoms. The summed E-state index contributed by atoms with van der Waals surface area (Å²) in [5.41, 5.74) is 4.67. The van der Waals surface area contributed by atoms with E-state index in [1.807, 2.05) is 42.8 Å². The molecule has 0 unspecified atom stereocenters. The molecule has 2 fully saturated rings.